The molecule has 0 saturated carbocycles. The first-order valence-electron chi connectivity index (χ1n) is 4.45. The average molecular weight is 255 g/mol. The molecule has 0 bridgehead atoms. The van der Waals surface area contributed by atoms with E-state index in [-0.39, 0.29) is 5.82 Å². The first-order chi connectivity index (χ1) is 7.66. The summed E-state index contributed by atoms with van der Waals surface area (Å²) in [5.74, 6) is 0.713. The number of nitrogens with zero attached hydrogens (tertiary/aromatic N) is 2. The first-order valence-corrected chi connectivity index (χ1v) is 5.21. The van der Waals surface area contributed by atoms with Crippen molar-refractivity contribution in [1.29, 1.82) is 0 Å². The summed E-state index contributed by atoms with van der Waals surface area (Å²) in [7, 11) is 0. The highest BCUT2D eigenvalue weighted by molar-refractivity contribution is 6.35. The molecule has 0 aliphatic heterocycles. The molecular weight excluding hydrogens is 247 g/mol. The van der Waals surface area contributed by atoms with Gasteiger partial charge in [0.1, 0.15) is 17.2 Å². The van der Waals surface area contributed by atoms with Gasteiger partial charge in [-0.25, -0.2) is 9.97 Å². The maximum Gasteiger partial charge on any atom is 0.154 e. The second-order valence-electron chi connectivity index (χ2n) is 3.05. The number of benzene rings is 1. The van der Waals surface area contributed by atoms with Crippen molar-refractivity contribution in [2.75, 3.05) is 11.1 Å². The van der Waals surface area contributed by atoms with E-state index in [4.69, 9.17) is 28.9 Å². The van der Waals surface area contributed by atoms with Gasteiger partial charge in [-0.05, 0) is 24.3 Å². The molecule has 0 saturated heterocycles. The molecule has 6 heteroatoms. The van der Waals surface area contributed by atoms with Crippen LogP contribution in [0, 0.1) is 0 Å². The molecule has 0 aliphatic rings. The molecule has 0 aliphatic carbocycles. The summed E-state index contributed by atoms with van der Waals surface area (Å²) in [5, 5.41) is 3.99. The van der Waals surface area contributed by atoms with E-state index in [1.54, 1.807) is 12.1 Å². The van der Waals surface area contributed by atoms with Gasteiger partial charge in [0.05, 0.1) is 0 Å². The maximum atomic E-state index is 5.94. The Hall–Kier alpha value is -1.52. The Labute approximate surface area is 102 Å². The summed E-state index contributed by atoms with van der Waals surface area (Å²) >= 11 is 11.7. The SMILES string of the molecule is Nc1ncnc(Nc2ccc(Cl)cc2)c1Cl. The van der Waals surface area contributed by atoms with Crippen LogP contribution in [0.4, 0.5) is 17.3 Å². The molecule has 3 N–H and O–H groups in total. The molecule has 0 radical (unpaired) electrons. The Bertz CT molecular complexity index is 499. The van der Waals surface area contributed by atoms with Crippen molar-refractivity contribution in [2.45, 2.75) is 0 Å². The zero-order valence-electron chi connectivity index (χ0n) is 8.11. The number of anilines is 3. The minimum atomic E-state index is 0.244. The van der Waals surface area contributed by atoms with Crippen molar-refractivity contribution >= 4 is 40.5 Å². The Morgan fingerprint density at radius 2 is 1.75 bits per heavy atom. The Kier molecular flexibility index (Phi) is 3.12. The predicted octanol–water partition coefficient (Wildman–Crippen LogP) is 3.11. The van der Waals surface area contributed by atoms with Crippen molar-refractivity contribution in [3.05, 3.63) is 40.6 Å². The standard InChI is InChI=1S/C10H8Cl2N4/c11-6-1-3-7(4-2-6)16-10-8(12)9(13)14-5-15-10/h1-5H,(H3,13,14,15,16). The summed E-state index contributed by atoms with van der Waals surface area (Å²) < 4.78 is 0. The molecule has 0 unspecified atom stereocenters. The molecule has 1 heterocycles. The quantitative estimate of drug-likeness (QED) is 0.865. The van der Waals surface area contributed by atoms with Gasteiger partial charge in [-0.2, -0.15) is 0 Å². The smallest absolute Gasteiger partial charge is 0.154 e. The molecule has 16 heavy (non-hydrogen) atoms. The largest absolute Gasteiger partial charge is 0.382 e. The minimum absolute atomic E-state index is 0.244. The van der Waals surface area contributed by atoms with Gasteiger partial charge in [-0.1, -0.05) is 23.2 Å². The number of hydrogen-bond donors (Lipinski definition) is 2. The van der Waals surface area contributed by atoms with Crippen LogP contribution in [-0.2, 0) is 0 Å². The van der Waals surface area contributed by atoms with Crippen LogP contribution in [0.5, 0.6) is 0 Å². The molecule has 0 fully saturated rings. The van der Waals surface area contributed by atoms with Crippen LogP contribution in [0.1, 0.15) is 0 Å². The molecule has 0 amide bonds. The second kappa shape index (κ2) is 4.55. The second-order valence-corrected chi connectivity index (χ2v) is 3.87. The zero-order valence-corrected chi connectivity index (χ0v) is 9.63. The number of rotatable bonds is 2. The normalized spacial score (nSPS) is 10.1. The lowest BCUT2D eigenvalue weighted by atomic mass is 10.3. The Morgan fingerprint density at radius 1 is 1.06 bits per heavy atom. The van der Waals surface area contributed by atoms with Gasteiger partial charge >= 0.3 is 0 Å². The highest BCUT2D eigenvalue weighted by atomic mass is 35.5. The van der Waals surface area contributed by atoms with Crippen molar-refractivity contribution in [3.63, 3.8) is 0 Å². The topological polar surface area (TPSA) is 63.8 Å². The van der Waals surface area contributed by atoms with Crippen LogP contribution in [0.15, 0.2) is 30.6 Å². The summed E-state index contributed by atoms with van der Waals surface area (Å²) in [6.45, 7) is 0. The molecule has 0 atom stereocenters. The van der Waals surface area contributed by atoms with Gasteiger partial charge in [0.25, 0.3) is 0 Å². The monoisotopic (exact) mass is 254 g/mol. The van der Waals surface area contributed by atoms with Crippen LogP contribution >= 0.6 is 23.2 Å². The summed E-state index contributed by atoms with van der Waals surface area (Å²) in [4.78, 5) is 7.76. The first kappa shape index (κ1) is 11.0. The van der Waals surface area contributed by atoms with Crippen LogP contribution in [0.3, 0.4) is 0 Å². The van der Waals surface area contributed by atoms with Crippen LogP contribution in [0.2, 0.25) is 10.0 Å². The molecule has 2 rings (SSSR count). The van der Waals surface area contributed by atoms with E-state index >= 15 is 0 Å². The lowest BCUT2D eigenvalue weighted by molar-refractivity contribution is 1.18. The lowest BCUT2D eigenvalue weighted by Gasteiger charge is -2.07. The average Bonchev–Trinajstić information content (AvgIpc) is 2.28. The third-order valence-electron chi connectivity index (χ3n) is 1.92. The molecule has 82 valence electrons. The molecule has 2 aromatic rings. The van der Waals surface area contributed by atoms with Crippen molar-refractivity contribution < 1.29 is 0 Å². The van der Waals surface area contributed by atoms with Gasteiger partial charge in [-0.15, -0.1) is 0 Å². The van der Waals surface area contributed by atoms with E-state index in [1.807, 2.05) is 12.1 Å². The van der Waals surface area contributed by atoms with E-state index < -0.39 is 0 Å². The number of hydrogen-bond acceptors (Lipinski definition) is 4. The number of nitrogens with one attached hydrogen (secondary N) is 1. The fourth-order valence-electron chi connectivity index (χ4n) is 1.14. The van der Waals surface area contributed by atoms with Crippen LogP contribution in [-0.4, -0.2) is 9.97 Å². The molecule has 1 aromatic carbocycles. The number of halogens is 2. The predicted molar refractivity (Wildman–Crippen MR) is 66.2 cm³/mol. The fraction of sp³-hybridized carbons (Fsp3) is 0. The van der Waals surface area contributed by atoms with Crippen LogP contribution in [0.25, 0.3) is 0 Å². The molecule has 0 spiro atoms. The molecule has 1 aromatic heterocycles. The van der Waals surface area contributed by atoms with Gasteiger partial charge in [0.2, 0.25) is 0 Å². The van der Waals surface area contributed by atoms with Crippen molar-refractivity contribution in [1.82, 2.24) is 9.97 Å². The van der Waals surface area contributed by atoms with Gasteiger partial charge in [0, 0.05) is 10.7 Å². The zero-order chi connectivity index (χ0) is 11.5. The lowest BCUT2D eigenvalue weighted by Crippen LogP contribution is -1.99. The third kappa shape index (κ3) is 2.35. The molecule has 4 nitrogen and oxygen atoms in total. The highest BCUT2D eigenvalue weighted by Gasteiger charge is 2.06. The minimum Gasteiger partial charge on any atom is -0.382 e. The fourth-order valence-corrected chi connectivity index (χ4v) is 1.41. The Morgan fingerprint density at radius 3 is 2.44 bits per heavy atom. The Balaban J connectivity index is 2.27. The third-order valence-corrected chi connectivity index (χ3v) is 2.55. The van der Waals surface area contributed by atoms with E-state index in [9.17, 15) is 0 Å². The highest BCUT2D eigenvalue weighted by Crippen LogP contribution is 2.26. The number of nitrogen functional groups attached to an aromatic ring is 1. The van der Waals surface area contributed by atoms with Crippen molar-refractivity contribution in [3.8, 4) is 0 Å². The summed E-state index contributed by atoms with van der Waals surface area (Å²) in [5.41, 5.74) is 6.38. The number of aromatic nitrogens is 2. The summed E-state index contributed by atoms with van der Waals surface area (Å²) in [6, 6.07) is 7.17. The summed E-state index contributed by atoms with van der Waals surface area (Å²) in [6.07, 6.45) is 1.35. The van der Waals surface area contributed by atoms with Gasteiger partial charge < -0.3 is 11.1 Å². The van der Waals surface area contributed by atoms with E-state index in [2.05, 4.69) is 15.3 Å². The van der Waals surface area contributed by atoms with E-state index in [1.165, 1.54) is 6.33 Å². The van der Waals surface area contributed by atoms with Crippen LogP contribution < -0.4 is 11.1 Å². The van der Waals surface area contributed by atoms with Gasteiger partial charge in [-0.3, -0.25) is 0 Å². The molecular formula is C10H8Cl2N4. The van der Waals surface area contributed by atoms with Crippen molar-refractivity contribution in [2.24, 2.45) is 0 Å². The maximum absolute atomic E-state index is 5.94. The number of nitrogens with two attached hydrogens (primary N) is 1. The van der Waals surface area contributed by atoms with Gasteiger partial charge in [0.15, 0.2) is 5.82 Å². The van der Waals surface area contributed by atoms with E-state index in [0.29, 0.717) is 15.9 Å². The van der Waals surface area contributed by atoms with E-state index in [0.717, 1.165) is 5.69 Å².